The predicted molar refractivity (Wildman–Crippen MR) is 163 cm³/mol. The molecular weight excluding hydrogens is 586 g/mol. The van der Waals surface area contributed by atoms with E-state index >= 15 is 0 Å². The van der Waals surface area contributed by atoms with Gasteiger partial charge in [0.2, 0.25) is 0 Å². The first-order valence-corrected chi connectivity index (χ1v) is 15.3. The molecule has 0 amide bonds. The molecule has 3 aromatic rings. The molecule has 2 atom stereocenters. The molecule has 5 heterocycles. The van der Waals surface area contributed by atoms with Gasteiger partial charge in [-0.25, -0.2) is 18.6 Å². The number of carbonyl (C=O) groups is 1. The van der Waals surface area contributed by atoms with Crippen LogP contribution in [0.1, 0.15) is 82.5 Å². The molecule has 0 spiro atoms. The number of hydrogen-bond acceptors (Lipinski definition) is 8. The van der Waals surface area contributed by atoms with Gasteiger partial charge in [-0.1, -0.05) is 12.2 Å². The fourth-order valence-corrected chi connectivity index (χ4v) is 5.69. The second-order valence-electron chi connectivity index (χ2n) is 13.0. The van der Waals surface area contributed by atoms with E-state index in [1.807, 2.05) is 39.8 Å². The van der Waals surface area contributed by atoms with Crippen LogP contribution < -0.4 is 9.64 Å². The molecule has 6 rings (SSSR count). The van der Waals surface area contributed by atoms with E-state index in [1.54, 1.807) is 17.5 Å². The van der Waals surface area contributed by atoms with Gasteiger partial charge >= 0.3 is 5.97 Å². The van der Waals surface area contributed by atoms with Crippen LogP contribution in [0.15, 0.2) is 30.4 Å². The lowest BCUT2D eigenvalue weighted by Crippen LogP contribution is -2.45. The van der Waals surface area contributed by atoms with Crippen LogP contribution >= 0.6 is 0 Å². The summed E-state index contributed by atoms with van der Waals surface area (Å²) in [7, 11) is 0. The Hall–Kier alpha value is -3.61. The topological polar surface area (TPSA) is 108 Å². The van der Waals surface area contributed by atoms with Crippen LogP contribution in [0.5, 0.6) is 5.75 Å². The Labute approximate surface area is 261 Å². The summed E-state index contributed by atoms with van der Waals surface area (Å²) in [6.45, 7) is 12.8. The van der Waals surface area contributed by atoms with Crippen LogP contribution in [0, 0.1) is 18.6 Å². The maximum atomic E-state index is 14.2. The lowest BCUT2D eigenvalue weighted by atomic mass is 9.92. The molecule has 1 saturated heterocycles. The number of carboxylic acid groups (broad SMARTS) is 1. The number of benzene rings is 1. The zero-order valence-corrected chi connectivity index (χ0v) is 26.7. The van der Waals surface area contributed by atoms with Crippen molar-refractivity contribution in [2.24, 2.45) is 0 Å². The number of nitrogens with zero attached hydrogens (tertiary/aromatic N) is 4. The number of hydrogen-bond donors (Lipinski definition) is 1. The molecule has 1 N–H and O–H groups in total. The fraction of sp³-hybridized carbons (Fsp3) is 0.545. The van der Waals surface area contributed by atoms with Crippen molar-refractivity contribution in [1.82, 2.24) is 14.6 Å². The van der Waals surface area contributed by atoms with Crippen LogP contribution in [0.4, 0.5) is 14.6 Å². The molecule has 4 bridgehead atoms. The molecule has 0 radical (unpaired) electrons. The Morgan fingerprint density at radius 3 is 2.53 bits per heavy atom. The van der Waals surface area contributed by atoms with Crippen molar-refractivity contribution in [3.63, 3.8) is 0 Å². The Kier molecular flexibility index (Phi) is 9.48. The third kappa shape index (κ3) is 7.62. The van der Waals surface area contributed by atoms with E-state index in [4.69, 9.17) is 29.0 Å². The van der Waals surface area contributed by atoms with Gasteiger partial charge in [0.05, 0.1) is 48.4 Å². The number of aryl methyl sites for hydroxylation is 1. The van der Waals surface area contributed by atoms with Gasteiger partial charge < -0.3 is 29.0 Å². The summed E-state index contributed by atoms with van der Waals surface area (Å²) in [6, 6.07) is 3.90. The number of rotatable bonds is 3. The number of piperidine rings is 1. The summed E-state index contributed by atoms with van der Waals surface area (Å²) < 4.78 is 54.3. The zero-order valence-electron chi connectivity index (χ0n) is 26.7. The number of aliphatic carboxylic acids is 1. The lowest BCUT2D eigenvalue weighted by molar-refractivity contribution is -0.160. The smallest absolute Gasteiger partial charge is 0.337 e. The average Bonchev–Trinajstić information content (AvgIpc) is 3.35. The van der Waals surface area contributed by atoms with E-state index in [1.165, 1.54) is 0 Å². The van der Waals surface area contributed by atoms with Crippen LogP contribution in [0.3, 0.4) is 0 Å². The first kappa shape index (κ1) is 32.8. The lowest BCUT2D eigenvalue weighted by Gasteiger charge is -2.41. The van der Waals surface area contributed by atoms with E-state index in [-0.39, 0.29) is 30.7 Å². The Morgan fingerprint density at radius 2 is 1.84 bits per heavy atom. The first-order valence-electron chi connectivity index (χ1n) is 15.3. The van der Waals surface area contributed by atoms with Gasteiger partial charge in [0, 0.05) is 42.9 Å². The quantitative estimate of drug-likeness (QED) is 0.346. The molecule has 0 aliphatic carbocycles. The van der Waals surface area contributed by atoms with Crippen molar-refractivity contribution in [2.75, 3.05) is 24.6 Å². The van der Waals surface area contributed by atoms with E-state index in [2.05, 4.69) is 11.8 Å². The Bertz CT molecular complexity index is 1580. The summed E-state index contributed by atoms with van der Waals surface area (Å²) in [5, 5.41) is 15.1. The maximum Gasteiger partial charge on any atom is 0.337 e. The van der Waals surface area contributed by atoms with Gasteiger partial charge in [0.15, 0.2) is 23.4 Å². The summed E-state index contributed by atoms with van der Waals surface area (Å²) in [5.74, 6) is -2.31. The van der Waals surface area contributed by atoms with Gasteiger partial charge in [-0.3, -0.25) is 0 Å². The monoisotopic (exact) mass is 628 g/mol. The number of ether oxygens (including phenoxy) is 4. The van der Waals surface area contributed by atoms with Crippen LogP contribution in [-0.4, -0.2) is 62.7 Å². The van der Waals surface area contributed by atoms with Gasteiger partial charge in [0.1, 0.15) is 11.6 Å². The normalized spacial score (nSPS) is 23.0. The molecule has 0 unspecified atom stereocenters. The summed E-state index contributed by atoms with van der Waals surface area (Å²) in [5.41, 5.74) is 1.25. The Morgan fingerprint density at radius 1 is 1.13 bits per heavy atom. The standard InChI is InChI=1S/C33H42F2N4O6/c1-20-9-7-8-14-43-33(6)10-12-38(13-11-33)30-28(29(31(40)41)45-32(3,4)5)21(2)36-27-16-23(37-39(27)30)19-42-18-22-15-24(34)25(35)17-26(22)44-20/h7-8,15-17,20,29H,9-14,18-19H2,1-6H3,(H,40,41)/b8-7-/t20-,29-/m0/s1. The number of halogens is 2. The summed E-state index contributed by atoms with van der Waals surface area (Å²) in [6.07, 6.45) is 4.27. The highest BCUT2D eigenvalue weighted by molar-refractivity contribution is 5.78. The van der Waals surface area contributed by atoms with Crippen LogP contribution in [-0.2, 0) is 32.2 Å². The van der Waals surface area contributed by atoms with Crippen molar-refractivity contribution in [3.8, 4) is 5.75 Å². The molecule has 244 valence electrons. The molecule has 1 aromatic carbocycles. The highest BCUT2D eigenvalue weighted by Gasteiger charge is 2.37. The van der Waals surface area contributed by atoms with Crippen molar-refractivity contribution in [1.29, 1.82) is 0 Å². The molecule has 3 aliphatic rings. The molecule has 45 heavy (non-hydrogen) atoms. The van der Waals surface area contributed by atoms with Gasteiger partial charge in [-0.15, -0.1) is 0 Å². The molecule has 3 aliphatic heterocycles. The fourth-order valence-electron chi connectivity index (χ4n) is 5.69. The summed E-state index contributed by atoms with van der Waals surface area (Å²) >= 11 is 0. The SMILES string of the molecule is Cc1nc2cc3nn2c(c1[C@H](OC(C)(C)C)C(=O)O)N1CCC(C)(CC1)OC/C=C\C[C@H](C)Oc1cc(F)c(F)cc1COC3. The predicted octanol–water partition coefficient (Wildman–Crippen LogP) is 6.08. The van der Waals surface area contributed by atoms with Crippen molar-refractivity contribution in [3.05, 3.63) is 64.5 Å². The largest absolute Gasteiger partial charge is 0.490 e. The molecule has 2 aromatic heterocycles. The minimum Gasteiger partial charge on any atom is -0.490 e. The van der Waals surface area contributed by atoms with Crippen molar-refractivity contribution < 1.29 is 37.6 Å². The number of carboxylic acids is 1. The maximum absolute atomic E-state index is 14.2. The molecule has 10 nitrogen and oxygen atoms in total. The van der Waals surface area contributed by atoms with E-state index in [0.717, 1.165) is 12.1 Å². The molecule has 1 fully saturated rings. The highest BCUT2D eigenvalue weighted by Crippen LogP contribution is 2.38. The van der Waals surface area contributed by atoms with E-state index in [0.29, 0.717) is 72.9 Å². The van der Waals surface area contributed by atoms with E-state index in [9.17, 15) is 18.7 Å². The van der Waals surface area contributed by atoms with Crippen LogP contribution in [0.25, 0.3) is 5.65 Å². The molecule has 12 heteroatoms. The number of aromatic nitrogens is 3. The second-order valence-corrected chi connectivity index (χ2v) is 13.0. The van der Waals surface area contributed by atoms with Crippen molar-refractivity contribution >= 4 is 17.4 Å². The third-order valence-electron chi connectivity index (χ3n) is 8.04. The van der Waals surface area contributed by atoms with Crippen molar-refractivity contribution in [2.45, 2.75) is 97.4 Å². The highest BCUT2D eigenvalue weighted by atomic mass is 19.2. The third-order valence-corrected chi connectivity index (χ3v) is 8.04. The Balaban J connectivity index is 1.57. The number of fused-ring (bicyclic) bond motifs is 9. The molecule has 0 saturated carbocycles. The van der Waals surface area contributed by atoms with Crippen LogP contribution in [0.2, 0.25) is 0 Å². The van der Waals surface area contributed by atoms with E-state index < -0.39 is 29.3 Å². The summed E-state index contributed by atoms with van der Waals surface area (Å²) in [4.78, 5) is 19.5. The van der Waals surface area contributed by atoms with Gasteiger partial charge in [-0.2, -0.15) is 9.61 Å². The zero-order chi connectivity index (χ0) is 32.5. The average molecular weight is 629 g/mol. The second kappa shape index (κ2) is 13.0. The minimum absolute atomic E-state index is 0.0423. The molecular formula is C33H42F2N4O6. The van der Waals surface area contributed by atoms with Gasteiger partial charge in [-0.05, 0) is 60.5 Å². The first-order chi connectivity index (χ1) is 21.2. The number of anilines is 1. The van der Waals surface area contributed by atoms with Gasteiger partial charge in [0.25, 0.3) is 0 Å². The minimum atomic E-state index is -1.28.